The fourth-order valence-corrected chi connectivity index (χ4v) is 4.14. The van der Waals surface area contributed by atoms with Gasteiger partial charge < -0.3 is 40.3 Å². The van der Waals surface area contributed by atoms with E-state index in [-0.39, 0.29) is 37.4 Å². The van der Waals surface area contributed by atoms with Crippen LogP contribution in [0.15, 0.2) is 24.4 Å². The first-order chi connectivity index (χ1) is 18.4. The molecule has 3 heterocycles. The second-order valence-corrected chi connectivity index (χ2v) is 9.12. The van der Waals surface area contributed by atoms with Crippen LogP contribution in [0.25, 0.3) is 0 Å². The van der Waals surface area contributed by atoms with E-state index in [0.717, 1.165) is 26.2 Å². The number of carbonyl (C=O) groups excluding carboxylic acids is 2. The van der Waals surface area contributed by atoms with Crippen molar-refractivity contribution in [2.24, 2.45) is 5.73 Å². The van der Waals surface area contributed by atoms with Gasteiger partial charge in [-0.15, -0.1) is 0 Å². The number of nitrogen functional groups attached to an aromatic ring is 1. The number of H-pyrrole nitrogens is 1. The molecule has 5 N–H and O–H groups in total. The highest BCUT2D eigenvalue weighted by Crippen LogP contribution is 2.33. The minimum atomic E-state index is -1.15. The van der Waals surface area contributed by atoms with Gasteiger partial charge in [0.25, 0.3) is 12.1 Å². The number of urea groups is 1. The van der Waals surface area contributed by atoms with Crippen LogP contribution in [-0.4, -0.2) is 121 Å². The fraction of sp³-hybridized carbons (Fsp3) is 0.542. The molecule has 1 aromatic carbocycles. The Morgan fingerprint density at radius 3 is 2.50 bits per heavy atom. The van der Waals surface area contributed by atoms with Gasteiger partial charge in [0.15, 0.2) is 0 Å². The Kier molecular flexibility index (Phi) is 9.23. The first-order valence-electron chi connectivity index (χ1n) is 12.5. The van der Waals surface area contributed by atoms with Crippen molar-refractivity contribution in [1.29, 1.82) is 0 Å². The van der Waals surface area contributed by atoms with Gasteiger partial charge in [0.1, 0.15) is 23.9 Å². The predicted molar refractivity (Wildman–Crippen MR) is 138 cm³/mol. The molecule has 0 aliphatic carbocycles. The summed E-state index contributed by atoms with van der Waals surface area (Å²) in [5.74, 6) is 1.08. The van der Waals surface area contributed by atoms with E-state index in [9.17, 15) is 9.59 Å². The zero-order chi connectivity index (χ0) is 27.1. The topological polar surface area (TPSA) is 165 Å². The summed E-state index contributed by atoms with van der Waals surface area (Å²) >= 11 is 0. The largest absolute Gasteiger partial charge is 0.491 e. The number of rotatable bonds is 13. The van der Waals surface area contributed by atoms with Crippen molar-refractivity contribution in [3.63, 3.8) is 0 Å². The number of hydrogen-bond acceptors (Lipinski definition) is 11. The maximum absolute atomic E-state index is 13.5. The van der Waals surface area contributed by atoms with E-state index >= 15 is 0 Å². The van der Waals surface area contributed by atoms with Crippen LogP contribution in [-0.2, 0) is 9.53 Å². The minimum Gasteiger partial charge on any atom is -0.491 e. The number of hydrogen-bond donors (Lipinski definition) is 3. The van der Waals surface area contributed by atoms with Crippen molar-refractivity contribution in [2.45, 2.75) is 12.6 Å². The highest BCUT2D eigenvalue weighted by molar-refractivity contribution is 6.03. The smallest absolute Gasteiger partial charge is 0.331 e. The molecule has 0 bridgehead atoms. The quantitative estimate of drug-likeness (QED) is 0.240. The van der Waals surface area contributed by atoms with Crippen molar-refractivity contribution in [3.8, 4) is 23.1 Å². The third kappa shape index (κ3) is 6.83. The summed E-state index contributed by atoms with van der Waals surface area (Å²) in [6, 6.07) is 4.48. The second kappa shape index (κ2) is 12.8. The molecule has 14 heteroatoms. The standard InChI is InChI=1S/C24H36N8O6/c1-29-6-8-30(9-7-29)16-32-21(33)22(31(24(32)34)5-3-4-25)38-19-13-17(36-11-10-35-2)12-18(14-19)37-20-15-27-23(26)28-20/h12-15,22H,3-11,16,25H2,1-2H3,(H3,26,27,28). The molecule has 38 heavy (non-hydrogen) atoms. The summed E-state index contributed by atoms with van der Waals surface area (Å²) in [6.45, 7) is 4.79. The predicted octanol–water partition coefficient (Wildman–Crippen LogP) is 0.332. The molecule has 0 radical (unpaired) electrons. The molecule has 3 amide bonds. The molecule has 2 aliphatic heterocycles. The lowest BCUT2D eigenvalue weighted by Crippen LogP contribution is -2.50. The Morgan fingerprint density at radius 2 is 1.82 bits per heavy atom. The molecule has 2 fully saturated rings. The molecule has 14 nitrogen and oxygen atoms in total. The Hall–Kier alpha value is -3.59. The zero-order valence-corrected chi connectivity index (χ0v) is 21.8. The summed E-state index contributed by atoms with van der Waals surface area (Å²) in [7, 11) is 3.63. The number of ether oxygens (including phenoxy) is 4. The van der Waals surface area contributed by atoms with E-state index in [4.69, 9.17) is 30.4 Å². The molecule has 4 rings (SSSR count). The van der Waals surface area contributed by atoms with Crippen LogP contribution in [0.3, 0.4) is 0 Å². The number of aromatic amines is 1. The van der Waals surface area contributed by atoms with Crippen molar-refractivity contribution >= 4 is 17.9 Å². The third-order valence-electron chi connectivity index (χ3n) is 6.23. The van der Waals surface area contributed by atoms with E-state index in [2.05, 4.69) is 19.8 Å². The van der Waals surface area contributed by atoms with Gasteiger partial charge in [0.05, 0.1) is 19.5 Å². The summed E-state index contributed by atoms with van der Waals surface area (Å²) < 4.78 is 22.8. The van der Waals surface area contributed by atoms with Gasteiger partial charge in [-0.2, -0.15) is 4.98 Å². The van der Waals surface area contributed by atoms with Gasteiger partial charge >= 0.3 is 6.03 Å². The molecule has 2 saturated heterocycles. The van der Waals surface area contributed by atoms with Gasteiger partial charge in [-0.25, -0.2) is 9.69 Å². The zero-order valence-electron chi connectivity index (χ0n) is 21.8. The summed E-state index contributed by atoms with van der Waals surface area (Å²) in [5, 5.41) is 0. The summed E-state index contributed by atoms with van der Waals surface area (Å²) in [6.07, 6.45) is 0.888. The normalized spacial score (nSPS) is 18.9. The molecule has 2 aliphatic rings. The molecule has 1 unspecified atom stereocenters. The number of benzene rings is 1. The van der Waals surface area contributed by atoms with Gasteiger partial charge in [-0.1, -0.05) is 0 Å². The fourth-order valence-electron chi connectivity index (χ4n) is 4.14. The van der Waals surface area contributed by atoms with Crippen LogP contribution in [0.1, 0.15) is 6.42 Å². The molecule has 1 aromatic heterocycles. The summed E-state index contributed by atoms with van der Waals surface area (Å²) in [4.78, 5) is 40.5. The van der Waals surface area contributed by atoms with Crippen LogP contribution < -0.4 is 25.7 Å². The van der Waals surface area contributed by atoms with E-state index in [1.54, 1.807) is 25.3 Å². The number of nitrogens with two attached hydrogens (primary N) is 2. The van der Waals surface area contributed by atoms with E-state index < -0.39 is 18.2 Å². The Labute approximate surface area is 221 Å². The second-order valence-electron chi connectivity index (χ2n) is 9.12. The Bertz CT molecular complexity index is 1090. The number of carbonyl (C=O) groups is 2. The molecule has 0 spiro atoms. The van der Waals surface area contributed by atoms with Gasteiger partial charge in [-0.05, 0) is 20.0 Å². The molecule has 2 aromatic rings. The average molecular weight is 533 g/mol. The van der Waals surface area contributed by atoms with Gasteiger partial charge in [0, 0.05) is 58.0 Å². The number of likely N-dealkylation sites (N-methyl/N-ethyl adjacent to an activating group) is 1. The van der Waals surface area contributed by atoms with Crippen molar-refractivity contribution in [2.75, 3.05) is 79.0 Å². The Morgan fingerprint density at radius 1 is 1.08 bits per heavy atom. The van der Waals surface area contributed by atoms with Crippen LogP contribution in [0, 0.1) is 0 Å². The van der Waals surface area contributed by atoms with E-state index in [0.29, 0.717) is 31.1 Å². The number of methoxy groups -OCH3 is 1. The van der Waals surface area contributed by atoms with E-state index in [1.807, 2.05) is 7.05 Å². The lowest BCUT2D eigenvalue weighted by molar-refractivity contribution is -0.136. The first kappa shape index (κ1) is 27.4. The minimum absolute atomic E-state index is 0.204. The maximum Gasteiger partial charge on any atom is 0.331 e. The maximum atomic E-state index is 13.5. The van der Waals surface area contributed by atoms with E-state index in [1.165, 1.54) is 16.0 Å². The number of nitrogens with zero attached hydrogens (tertiary/aromatic N) is 5. The molecular formula is C24H36N8O6. The van der Waals surface area contributed by atoms with Gasteiger partial charge in [-0.3, -0.25) is 14.6 Å². The number of nitrogens with one attached hydrogen (secondary N) is 1. The van der Waals surface area contributed by atoms with Crippen molar-refractivity contribution in [1.82, 2.24) is 29.6 Å². The third-order valence-corrected chi connectivity index (χ3v) is 6.23. The summed E-state index contributed by atoms with van der Waals surface area (Å²) in [5.41, 5.74) is 11.4. The van der Waals surface area contributed by atoms with Crippen LogP contribution in [0.2, 0.25) is 0 Å². The average Bonchev–Trinajstić information content (AvgIpc) is 3.39. The SMILES string of the molecule is COCCOc1cc(Oc2c[nH]c(N)n2)cc(OC2C(=O)N(CN3CCN(C)CC3)C(=O)N2CCCN)c1. The number of aromatic nitrogens is 2. The molecular weight excluding hydrogens is 496 g/mol. The highest BCUT2D eigenvalue weighted by Gasteiger charge is 2.47. The van der Waals surface area contributed by atoms with Crippen molar-refractivity contribution < 1.29 is 28.5 Å². The van der Waals surface area contributed by atoms with Crippen LogP contribution in [0.5, 0.6) is 23.1 Å². The monoisotopic (exact) mass is 532 g/mol. The number of anilines is 1. The Balaban J connectivity index is 1.55. The first-order valence-corrected chi connectivity index (χ1v) is 12.5. The molecule has 1 atom stereocenters. The lowest BCUT2D eigenvalue weighted by atomic mass is 10.3. The molecule has 0 saturated carbocycles. The molecule has 208 valence electrons. The highest BCUT2D eigenvalue weighted by atomic mass is 16.5. The lowest BCUT2D eigenvalue weighted by Gasteiger charge is -2.33. The number of imidazole rings is 1. The number of imide groups is 1. The number of piperazine rings is 1. The van der Waals surface area contributed by atoms with Crippen molar-refractivity contribution in [3.05, 3.63) is 24.4 Å². The van der Waals surface area contributed by atoms with Crippen LogP contribution >= 0.6 is 0 Å². The number of amides is 3. The van der Waals surface area contributed by atoms with Crippen LogP contribution in [0.4, 0.5) is 10.7 Å². The van der Waals surface area contributed by atoms with Gasteiger partial charge in [0.2, 0.25) is 11.8 Å².